The van der Waals surface area contributed by atoms with Gasteiger partial charge in [0.25, 0.3) is 5.91 Å². The lowest BCUT2D eigenvalue weighted by molar-refractivity contribution is -0.115. The molecule has 2 amide bonds. The third kappa shape index (κ3) is 6.70. The van der Waals surface area contributed by atoms with Crippen molar-refractivity contribution in [2.24, 2.45) is 10.9 Å². The summed E-state index contributed by atoms with van der Waals surface area (Å²) >= 11 is 2.49. The number of anilines is 1. The second-order valence-corrected chi connectivity index (χ2v) is 13.7. The van der Waals surface area contributed by atoms with Crippen molar-refractivity contribution in [3.05, 3.63) is 51.7 Å². The maximum atomic E-state index is 12.8. The first-order valence-corrected chi connectivity index (χ1v) is 16.2. The van der Waals surface area contributed by atoms with Crippen molar-refractivity contribution in [2.75, 3.05) is 30.5 Å². The summed E-state index contributed by atoms with van der Waals surface area (Å²) in [5.74, 6) is -3.06. The molecular formula is C27H31N3O7S3. The van der Waals surface area contributed by atoms with Crippen LogP contribution in [0.2, 0.25) is 0 Å². The summed E-state index contributed by atoms with van der Waals surface area (Å²) in [6.07, 6.45) is 4.01. The number of benzene rings is 1. The van der Waals surface area contributed by atoms with E-state index in [0.717, 1.165) is 33.5 Å². The van der Waals surface area contributed by atoms with Gasteiger partial charge in [0.1, 0.15) is 22.3 Å². The number of esters is 1. The number of nitrogens with one attached hydrogen (secondary N) is 1. The summed E-state index contributed by atoms with van der Waals surface area (Å²) in [5, 5.41) is 2.87. The summed E-state index contributed by atoms with van der Waals surface area (Å²) in [5.41, 5.74) is 1.94. The summed E-state index contributed by atoms with van der Waals surface area (Å²) < 4.78 is 38.6. The number of carbonyl (C=O) groups is 3. The van der Waals surface area contributed by atoms with E-state index in [1.54, 1.807) is 36.8 Å². The van der Waals surface area contributed by atoms with Gasteiger partial charge in [0.2, 0.25) is 5.91 Å². The number of aromatic nitrogens is 1. The molecule has 0 saturated carbocycles. The molecule has 1 aromatic carbocycles. The number of hydrogen-bond donors (Lipinski definition) is 1. The third-order valence-electron chi connectivity index (χ3n) is 6.36. The SMILES string of the molecule is C=CCn1c(=NC(=O)CS(=O)(=O)CC(=O)Nc2sc3c(c2C(=O)OCC)CCC(C)C3)sc2cc(OC)ccc21. The molecule has 1 aliphatic carbocycles. The monoisotopic (exact) mass is 605 g/mol. The molecule has 0 bridgehead atoms. The number of sulfone groups is 1. The van der Waals surface area contributed by atoms with Crippen molar-refractivity contribution >= 4 is 65.5 Å². The van der Waals surface area contributed by atoms with Crippen molar-refractivity contribution in [1.82, 2.24) is 4.57 Å². The molecule has 13 heteroatoms. The molecule has 10 nitrogen and oxygen atoms in total. The Bertz CT molecular complexity index is 1650. The minimum Gasteiger partial charge on any atom is -0.497 e. The molecule has 0 fully saturated rings. The highest BCUT2D eigenvalue weighted by molar-refractivity contribution is 7.92. The van der Waals surface area contributed by atoms with E-state index in [4.69, 9.17) is 9.47 Å². The Morgan fingerprint density at radius 2 is 2.02 bits per heavy atom. The van der Waals surface area contributed by atoms with E-state index in [2.05, 4.69) is 23.8 Å². The fourth-order valence-corrected chi connectivity index (χ4v) is 8.08. The number of nitrogens with zero attached hydrogens (tertiary/aromatic N) is 2. The first-order chi connectivity index (χ1) is 19.0. The minimum absolute atomic E-state index is 0.174. The molecular weight excluding hydrogens is 575 g/mol. The van der Waals surface area contributed by atoms with E-state index in [0.29, 0.717) is 35.0 Å². The smallest absolute Gasteiger partial charge is 0.341 e. The maximum Gasteiger partial charge on any atom is 0.341 e. The van der Waals surface area contributed by atoms with Crippen LogP contribution in [0, 0.1) is 5.92 Å². The number of allylic oxidation sites excluding steroid dienone is 1. The average molecular weight is 606 g/mol. The first kappa shape index (κ1) is 29.7. The number of carbonyl (C=O) groups excluding carboxylic acids is 3. The molecule has 2 heterocycles. The van der Waals surface area contributed by atoms with Crippen molar-refractivity contribution in [2.45, 2.75) is 39.7 Å². The summed E-state index contributed by atoms with van der Waals surface area (Å²) in [6, 6.07) is 5.41. The van der Waals surface area contributed by atoms with Gasteiger partial charge in [0.05, 0.1) is 29.5 Å². The van der Waals surface area contributed by atoms with Gasteiger partial charge in [0.15, 0.2) is 14.6 Å². The van der Waals surface area contributed by atoms with E-state index in [1.807, 2.05) is 6.07 Å². The molecule has 0 saturated heterocycles. The highest BCUT2D eigenvalue weighted by Crippen LogP contribution is 2.40. The number of hydrogen-bond acceptors (Lipinski definition) is 9. The van der Waals surface area contributed by atoms with Gasteiger partial charge in [-0.05, 0) is 55.9 Å². The number of methoxy groups -OCH3 is 1. The number of thiophene rings is 1. The molecule has 214 valence electrons. The van der Waals surface area contributed by atoms with Crippen LogP contribution in [0.4, 0.5) is 5.00 Å². The van der Waals surface area contributed by atoms with Crippen LogP contribution in [0.15, 0.2) is 35.8 Å². The third-order valence-corrected chi connectivity index (χ3v) is 9.96. The van der Waals surface area contributed by atoms with Crippen LogP contribution in [-0.4, -0.2) is 56.0 Å². The van der Waals surface area contributed by atoms with Crippen LogP contribution in [-0.2, 0) is 43.5 Å². The van der Waals surface area contributed by atoms with Crippen molar-refractivity contribution in [3.63, 3.8) is 0 Å². The van der Waals surface area contributed by atoms with Crippen molar-refractivity contribution in [3.8, 4) is 5.75 Å². The summed E-state index contributed by atoms with van der Waals surface area (Å²) in [6.45, 7) is 8.09. The van der Waals surface area contributed by atoms with Crippen LogP contribution < -0.4 is 14.9 Å². The van der Waals surface area contributed by atoms with Crippen LogP contribution in [0.25, 0.3) is 10.2 Å². The summed E-state index contributed by atoms with van der Waals surface area (Å²) in [4.78, 5) is 43.5. The van der Waals surface area contributed by atoms with Crippen molar-refractivity contribution < 1.29 is 32.3 Å². The van der Waals surface area contributed by atoms with Crippen molar-refractivity contribution in [1.29, 1.82) is 0 Å². The fraction of sp³-hybridized carbons (Fsp3) is 0.407. The molecule has 4 rings (SSSR count). The Balaban J connectivity index is 1.52. The Morgan fingerprint density at radius 1 is 1.25 bits per heavy atom. The Labute approximate surface area is 240 Å². The van der Waals surface area contributed by atoms with Gasteiger partial charge in [-0.15, -0.1) is 17.9 Å². The molecule has 1 aliphatic rings. The lowest BCUT2D eigenvalue weighted by Gasteiger charge is -2.18. The highest BCUT2D eigenvalue weighted by Gasteiger charge is 2.30. The lowest BCUT2D eigenvalue weighted by atomic mass is 9.88. The molecule has 40 heavy (non-hydrogen) atoms. The van der Waals surface area contributed by atoms with Gasteiger partial charge < -0.3 is 19.4 Å². The molecule has 1 atom stereocenters. The second kappa shape index (κ2) is 12.5. The summed E-state index contributed by atoms with van der Waals surface area (Å²) in [7, 11) is -2.60. The molecule has 0 aliphatic heterocycles. The van der Waals surface area contributed by atoms with Crippen LogP contribution in [0.5, 0.6) is 5.75 Å². The predicted octanol–water partition coefficient (Wildman–Crippen LogP) is 3.74. The first-order valence-electron chi connectivity index (χ1n) is 12.7. The quantitative estimate of drug-likeness (QED) is 0.275. The molecule has 3 aromatic rings. The Morgan fingerprint density at radius 3 is 2.73 bits per heavy atom. The number of rotatable bonds is 10. The normalized spacial score (nSPS) is 15.5. The van der Waals surface area contributed by atoms with E-state index in [1.165, 1.54) is 22.7 Å². The van der Waals surface area contributed by atoms with Gasteiger partial charge >= 0.3 is 5.97 Å². The van der Waals surface area contributed by atoms with Crippen LogP contribution in [0.3, 0.4) is 0 Å². The predicted molar refractivity (Wildman–Crippen MR) is 156 cm³/mol. The molecule has 0 spiro atoms. The fourth-order valence-electron chi connectivity index (χ4n) is 4.57. The topological polar surface area (TPSA) is 133 Å². The van der Waals surface area contributed by atoms with Crippen LogP contribution in [0.1, 0.15) is 41.1 Å². The standard InChI is InChI=1S/C27H31N3O7S3/c1-5-11-30-19-10-8-17(36-4)13-21(19)39-27(30)29-23(32)15-40(34,35)14-22(31)28-25-24(26(33)37-6-2)18-9-7-16(3)12-20(18)38-25/h5,8,10,13,16H,1,6-7,9,11-12,14-15H2,2-4H3,(H,28,31). The molecule has 1 N–H and O–H groups in total. The minimum atomic E-state index is -4.15. The van der Waals surface area contributed by atoms with Gasteiger partial charge in [0, 0.05) is 11.4 Å². The Hall–Kier alpha value is -3.29. The molecule has 0 radical (unpaired) electrons. The van der Waals surface area contributed by atoms with Gasteiger partial charge in [-0.25, -0.2) is 13.2 Å². The Kier molecular flexibility index (Phi) is 9.26. The zero-order valence-corrected chi connectivity index (χ0v) is 25.0. The van der Waals surface area contributed by atoms with E-state index in [-0.39, 0.29) is 11.6 Å². The second-order valence-electron chi connectivity index (χ2n) is 9.48. The highest BCUT2D eigenvalue weighted by atomic mass is 32.2. The van der Waals surface area contributed by atoms with E-state index in [9.17, 15) is 22.8 Å². The number of fused-ring (bicyclic) bond motifs is 2. The molecule has 2 aromatic heterocycles. The van der Waals surface area contributed by atoms with Gasteiger partial charge in [-0.2, -0.15) is 4.99 Å². The van der Waals surface area contributed by atoms with E-state index >= 15 is 0 Å². The largest absolute Gasteiger partial charge is 0.497 e. The zero-order valence-electron chi connectivity index (χ0n) is 22.5. The maximum absolute atomic E-state index is 12.8. The lowest BCUT2D eigenvalue weighted by Crippen LogP contribution is -2.28. The van der Waals surface area contributed by atoms with E-state index < -0.39 is 39.1 Å². The number of thiazole rings is 1. The average Bonchev–Trinajstić information content (AvgIpc) is 3.39. The zero-order chi connectivity index (χ0) is 29.0. The number of ether oxygens (including phenoxy) is 2. The van der Waals surface area contributed by atoms with Gasteiger partial charge in [-0.1, -0.05) is 24.3 Å². The van der Waals surface area contributed by atoms with Gasteiger partial charge in [-0.3, -0.25) is 9.59 Å². The molecule has 1 unspecified atom stereocenters. The van der Waals surface area contributed by atoms with Crippen LogP contribution >= 0.6 is 22.7 Å². The number of amides is 2.